The molecular weight excluding hydrogens is 566 g/mol. The number of methoxy groups -OCH3 is 1. The Bertz CT molecular complexity index is 1620. The summed E-state index contributed by atoms with van der Waals surface area (Å²) in [6.07, 6.45) is 5.68. The number of piperazine rings is 1. The Kier molecular flexibility index (Phi) is 9.80. The van der Waals surface area contributed by atoms with Crippen LogP contribution in [0.25, 0.3) is 5.95 Å². The number of nitrogens with one attached hydrogen (secondary N) is 1. The lowest BCUT2D eigenvalue weighted by atomic mass is 10.0. The Labute approximate surface area is 265 Å². The zero-order chi connectivity index (χ0) is 32.1. The normalized spacial score (nSPS) is 15.7. The van der Waals surface area contributed by atoms with Crippen LogP contribution in [-0.4, -0.2) is 69.0 Å². The summed E-state index contributed by atoms with van der Waals surface area (Å²) in [7, 11) is 1.62. The van der Waals surface area contributed by atoms with Crippen LogP contribution < -0.4 is 15.0 Å². The van der Waals surface area contributed by atoms with Gasteiger partial charge in [-0.3, -0.25) is 14.2 Å². The second-order valence-electron chi connectivity index (χ2n) is 12.1. The molecule has 1 N–H and O–H groups in total. The zero-order valence-corrected chi connectivity index (χ0v) is 27.0. The number of rotatable bonds is 10. The molecular formula is C35H43N7O3. The fourth-order valence-electron chi connectivity index (χ4n) is 5.60. The standard InChI is InChI=1S/C35H43N7O3/c1-23(2)31-20-32(39-35(38-31)41-14-13-36-22-41)42-16-15-40(34(44)18-27-8-11-30(45-6)12-9-27)21-29(42)19-33(43)37-26(5)28-10-7-24(3)25(4)17-28/h7-14,17,20,22-23,26,29H,15-16,18-19,21H2,1-6H3,(H,37,43). The number of hydrogen-bond donors (Lipinski definition) is 1. The summed E-state index contributed by atoms with van der Waals surface area (Å²) < 4.78 is 7.05. The highest BCUT2D eigenvalue weighted by molar-refractivity contribution is 5.80. The first-order valence-electron chi connectivity index (χ1n) is 15.5. The highest BCUT2D eigenvalue weighted by Crippen LogP contribution is 2.26. The van der Waals surface area contributed by atoms with Crippen LogP contribution in [-0.2, 0) is 16.0 Å². The first kappa shape index (κ1) is 31.7. The van der Waals surface area contributed by atoms with E-state index in [9.17, 15) is 9.59 Å². The molecule has 0 spiro atoms. The van der Waals surface area contributed by atoms with E-state index in [1.807, 2.05) is 48.4 Å². The lowest BCUT2D eigenvalue weighted by Gasteiger charge is -2.42. The number of imidazole rings is 1. The van der Waals surface area contributed by atoms with Gasteiger partial charge in [-0.1, -0.05) is 44.2 Å². The molecule has 45 heavy (non-hydrogen) atoms. The largest absolute Gasteiger partial charge is 0.497 e. The molecule has 10 heteroatoms. The number of aromatic nitrogens is 4. The number of carbonyl (C=O) groups is 2. The first-order valence-corrected chi connectivity index (χ1v) is 15.5. The SMILES string of the molecule is COc1ccc(CC(=O)N2CCN(c3cc(C(C)C)nc(-n4ccnc4)n3)C(CC(=O)NC(C)c3ccc(C)c(C)c3)C2)cc1. The average molecular weight is 610 g/mol. The summed E-state index contributed by atoms with van der Waals surface area (Å²) in [6, 6.07) is 15.4. The highest BCUT2D eigenvalue weighted by atomic mass is 16.5. The van der Waals surface area contributed by atoms with E-state index in [0.717, 1.165) is 28.4 Å². The predicted molar refractivity (Wildman–Crippen MR) is 175 cm³/mol. The van der Waals surface area contributed by atoms with Crippen molar-refractivity contribution in [1.29, 1.82) is 0 Å². The van der Waals surface area contributed by atoms with Crippen molar-refractivity contribution in [1.82, 2.24) is 29.7 Å². The minimum absolute atomic E-state index is 0.0263. The number of hydrogen-bond acceptors (Lipinski definition) is 7. The third-order valence-electron chi connectivity index (χ3n) is 8.52. The number of nitrogens with zero attached hydrogens (tertiary/aromatic N) is 6. The molecule has 2 atom stereocenters. The van der Waals surface area contributed by atoms with Gasteiger partial charge in [0.05, 0.1) is 31.3 Å². The van der Waals surface area contributed by atoms with E-state index in [-0.39, 0.29) is 42.7 Å². The summed E-state index contributed by atoms with van der Waals surface area (Å²) in [4.78, 5) is 45.0. The second kappa shape index (κ2) is 13.9. The molecule has 0 radical (unpaired) electrons. The van der Waals surface area contributed by atoms with Crippen molar-refractivity contribution in [3.63, 3.8) is 0 Å². The first-order chi connectivity index (χ1) is 21.6. The Morgan fingerprint density at radius 3 is 2.44 bits per heavy atom. The summed E-state index contributed by atoms with van der Waals surface area (Å²) in [5.41, 5.74) is 5.28. The maximum absolute atomic E-state index is 13.6. The fraction of sp³-hybridized carbons (Fsp3) is 0.400. The minimum atomic E-state index is -0.281. The minimum Gasteiger partial charge on any atom is -0.497 e. The summed E-state index contributed by atoms with van der Waals surface area (Å²) in [5, 5.41) is 3.19. The molecule has 2 unspecified atom stereocenters. The molecule has 0 saturated carbocycles. The van der Waals surface area contributed by atoms with Crippen molar-refractivity contribution in [2.45, 2.75) is 65.5 Å². The molecule has 2 amide bonds. The molecule has 2 aromatic carbocycles. The van der Waals surface area contributed by atoms with Gasteiger partial charge in [0.1, 0.15) is 17.9 Å². The van der Waals surface area contributed by atoms with Gasteiger partial charge in [-0.05, 0) is 61.1 Å². The van der Waals surface area contributed by atoms with Gasteiger partial charge in [0.2, 0.25) is 17.8 Å². The van der Waals surface area contributed by atoms with E-state index in [0.29, 0.717) is 25.6 Å². The van der Waals surface area contributed by atoms with Crippen LogP contribution >= 0.6 is 0 Å². The van der Waals surface area contributed by atoms with Crippen molar-refractivity contribution >= 4 is 17.6 Å². The fourth-order valence-corrected chi connectivity index (χ4v) is 5.60. The Morgan fingerprint density at radius 2 is 1.78 bits per heavy atom. The Morgan fingerprint density at radius 1 is 1.00 bits per heavy atom. The summed E-state index contributed by atoms with van der Waals surface area (Å²) >= 11 is 0. The van der Waals surface area contributed by atoms with Gasteiger partial charge in [0.25, 0.3) is 0 Å². The van der Waals surface area contributed by atoms with E-state index < -0.39 is 0 Å². The van der Waals surface area contributed by atoms with Gasteiger partial charge in [-0.25, -0.2) is 9.97 Å². The molecule has 2 aromatic heterocycles. The molecule has 10 nitrogen and oxygen atoms in total. The molecule has 5 rings (SSSR count). The number of aryl methyl sites for hydroxylation is 2. The lowest BCUT2D eigenvalue weighted by molar-refractivity contribution is -0.132. The third kappa shape index (κ3) is 7.68. The topological polar surface area (TPSA) is 105 Å². The molecule has 1 fully saturated rings. The highest BCUT2D eigenvalue weighted by Gasteiger charge is 2.33. The van der Waals surface area contributed by atoms with Crippen molar-refractivity contribution in [3.05, 3.63) is 95.2 Å². The molecule has 1 aliphatic rings. The van der Waals surface area contributed by atoms with E-state index in [4.69, 9.17) is 14.7 Å². The maximum Gasteiger partial charge on any atom is 0.237 e. The van der Waals surface area contributed by atoms with Crippen LogP contribution in [0.4, 0.5) is 5.82 Å². The Hall–Kier alpha value is -4.73. The second-order valence-corrected chi connectivity index (χ2v) is 12.1. The van der Waals surface area contributed by atoms with Gasteiger partial charge in [-0.15, -0.1) is 0 Å². The van der Waals surface area contributed by atoms with E-state index in [1.165, 1.54) is 11.1 Å². The van der Waals surface area contributed by atoms with E-state index in [1.54, 1.807) is 24.2 Å². The molecule has 4 aromatic rings. The predicted octanol–water partition coefficient (Wildman–Crippen LogP) is 4.94. The molecule has 1 saturated heterocycles. The monoisotopic (exact) mass is 609 g/mol. The third-order valence-corrected chi connectivity index (χ3v) is 8.52. The smallest absolute Gasteiger partial charge is 0.237 e. The lowest BCUT2D eigenvalue weighted by Crippen LogP contribution is -2.56. The number of anilines is 1. The van der Waals surface area contributed by atoms with Gasteiger partial charge < -0.3 is 19.9 Å². The van der Waals surface area contributed by atoms with Crippen LogP contribution in [0, 0.1) is 13.8 Å². The maximum atomic E-state index is 13.6. The van der Waals surface area contributed by atoms with Gasteiger partial charge in [0, 0.05) is 44.5 Å². The summed E-state index contributed by atoms with van der Waals surface area (Å²) in [5.74, 6) is 2.13. The molecule has 236 valence electrons. The molecule has 0 bridgehead atoms. The van der Waals surface area contributed by atoms with Crippen LogP contribution in [0.3, 0.4) is 0 Å². The van der Waals surface area contributed by atoms with E-state index >= 15 is 0 Å². The number of amides is 2. The van der Waals surface area contributed by atoms with Crippen LogP contribution in [0.2, 0.25) is 0 Å². The van der Waals surface area contributed by atoms with Gasteiger partial charge in [0.15, 0.2) is 0 Å². The van der Waals surface area contributed by atoms with Crippen LogP contribution in [0.1, 0.15) is 67.1 Å². The summed E-state index contributed by atoms with van der Waals surface area (Å²) in [6.45, 7) is 11.8. The van der Waals surface area contributed by atoms with Crippen molar-refractivity contribution in [3.8, 4) is 11.7 Å². The van der Waals surface area contributed by atoms with Crippen molar-refractivity contribution in [2.24, 2.45) is 0 Å². The van der Waals surface area contributed by atoms with E-state index in [2.05, 4.69) is 61.1 Å². The average Bonchev–Trinajstić information content (AvgIpc) is 3.58. The quantitative estimate of drug-likeness (QED) is 0.272. The van der Waals surface area contributed by atoms with Gasteiger partial charge in [-0.2, -0.15) is 4.98 Å². The number of ether oxygens (including phenoxy) is 1. The number of benzene rings is 2. The number of carbonyl (C=O) groups excluding carboxylic acids is 2. The van der Waals surface area contributed by atoms with Crippen LogP contribution in [0.15, 0.2) is 67.3 Å². The molecule has 0 aliphatic carbocycles. The Balaban J connectivity index is 1.39. The molecule has 1 aliphatic heterocycles. The van der Waals surface area contributed by atoms with Gasteiger partial charge >= 0.3 is 0 Å². The van der Waals surface area contributed by atoms with Crippen molar-refractivity contribution in [2.75, 3.05) is 31.6 Å². The van der Waals surface area contributed by atoms with Crippen molar-refractivity contribution < 1.29 is 14.3 Å². The molecule has 3 heterocycles. The van der Waals surface area contributed by atoms with Crippen LogP contribution in [0.5, 0.6) is 5.75 Å². The zero-order valence-electron chi connectivity index (χ0n) is 27.0.